The molecule has 1 aromatic rings. The van der Waals surface area contributed by atoms with Crippen LogP contribution in [0.25, 0.3) is 0 Å². The number of nitrogens with zero attached hydrogens (tertiary/aromatic N) is 1. The molecule has 0 saturated heterocycles. The van der Waals surface area contributed by atoms with E-state index in [9.17, 15) is 12.8 Å². The summed E-state index contributed by atoms with van der Waals surface area (Å²) in [6, 6.07) is 6.23. The Morgan fingerprint density at radius 3 is 2.59 bits per heavy atom. The third-order valence-corrected chi connectivity index (χ3v) is 4.50. The predicted octanol–water partition coefficient (Wildman–Crippen LogP) is 1.93. The van der Waals surface area contributed by atoms with Crippen molar-refractivity contribution in [3.63, 3.8) is 0 Å². The molecule has 22 heavy (non-hydrogen) atoms. The van der Waals surface area contributed by atoms with Gasteiger partial charge in [-0.2, -0.15) is 0 Å². The lowest BCUT2D eigenvalue weighted by atomic mass is 10.2. The standard InChI is InChI=1S/C14H22FN3O2S.HI/c1-3-16-14(17-8-9-21(19,20)4-2)18-11-12-6-5-7-13(15)10-12;/h5-7,10H,3-4,8-9,11H2,1-2H3,(H2,16,17,18);1H. The third kappa shape index (κ3) is 8.52. The second-order valence-corrected chi connectivity index (χ2v) is 6.96. The van der Waals surface area contributed by atoms with Gasteiger partial charge in [0.2, 0.25) is 0 Å². The molecule has 0 aliphatic heterocycles. The maximum atomic E-state index is 13.1. The van der Waals surface area contributed by atoms with Gasteiger partial charge in [0, 0.05) is 18.8 Å². The summed E-state index contributed by atoms with van der Waals surface area (Å²) < 4.78 is 35.9. The molecule has 126 valence electrons. The monoisotopic (exact) mass is 443 g/mol. The van der Waals surface area contributed by atoms with E-state index in [4.69, 9.17) is 0 Å². The van der Waals surface area contributed by atoms with Crippen molar-refractivity contribution in [2.24, 2.45) is 4.99 Å². The minimum atomic E-state index is -3.00. The van der Waals surface area contributed by atoms with E-state index in [1.807, 2.05) is 6.92 Å². The van der Waals surface area contributed by atoms with E-state index in [0.717, 1.165) is 5.56 Å². The Morgan fingerprint density at radius 2 is 2.00 bits per heavy atom. The van der Waals surface area contributed by atoms with Crippen molar-refractivity contribution in [2.75, 3.05) is 24.6 Å². The van der Waals surface area contributed by atoms with E-state index in [0.29, 0.717) is 25.6 Å². The molecule has 0 unspecified atom stereocenters. The van der Waals surface area contributed by atoms with E-state index in [1.54, 1.807) is 19.1 Å². The Kier molecular flexibility index (Phi) is 10.3. The van der Waals surface area contributed by atoms with Gasteiger partial charge in [0.1, 0.15) is 5.82 Å². The lowest BCUT2D eigenvalue weighted by molar-refractivity contribution is 0.595. The van der Waals surface area contributed by atoms with E-state index in [1.165, 1.54) is 12.1 Å². The first-order chi connectivity index (χ1) is 9.96. The van der Waals surface area contributed by atoms with Crippen molar-refractivity contribution < 1.29 is 12.8 Å². The summed E-state index contributed by atoms with van der Waals surface area (Å²) in [6.07, 6.45) is 0. The molecule has 2 N–H and O–H groups in total. The summed E-state index contributed by atoms with van der Waals surface area (Å²) in [5.74, 6) is 0.419. The van der Waals surface area contributed by atoms with Gasteiger partial charge in [-0.1, -0.05) is 19.1 Å². The second-order valence-electron chi connectivity index (χ2n) is 4.49. The summed E-state index contributed by atoms with van der Waals surface area (Å²) in [4.78, 5) is 4.30. The lowest BCUT2D eigenvalue weighted by Crippen LogP contribution is -2.39. The zero-order valence-corrected chi connectivity index (χ0v) is 15.9. The van der Waals surface area contributed by atoms with Crippen LogP contribution in [-0.2, 0) is 16.4 Å². The molecule has 0 aromatic heterocycles. The van der Waals surface area contributed by atoms with Gasteiger partial charge in [-0.3, -0.25) is 0 Å². The van der Waals surface area contributed by atoms with Crippen LogP contribution >= 0.6 is 24.0 Å². The maximum Gasteiger partial charge on any atom is 0.191 e. The van der Waals surface area contributed by atoms with Crippen LogP contribution in [0.5, 0.6) is 0 Å². The lowest BCUT2D eigenvalue weighted by Gasteiger charge is -2.11. The van der Waals surface area contributed by atoms with E-state index in [2.05, 4.69) is 15.6 Å². The average Bonchev–Trinajstić information content (AvgIpc) is 2.45. The van der Waals surface area contributed by atoms with Gasteiger partial charge in [-0.15, -0.1) is 24.0 Å². The van der Waals surface area contributed by atoms with Crippen LogP contribution in [0.1, 0.15) is 19.4 Å². The van der Waals surface area contributed by atoms with Crippen LogP contribution in [0.4, 0.5) is 4.39 Å². The third-order valence-electron chi connectivity index (χ3n) is 2.80. The molecule has 0 amide bonds. The molecular formula is C14H23FIN3O2S. The second kappa shape index (κ2) is 10.8. The van der Waals surface area contributed by atoms with Gasteiger partial charge in [0.05, 0.1) is 12.3 Å². The number of sulfone groups is 1. The highest BCUT2D eigenvalue weighted by molar-refractivity contribution is 14.0. The summed E-state index contributed by atoms with van der Waals surface area (Å²) in [7, 11) is -3.00. The van der Waals surface area contributed by atoms with E-state index >= 15 is 0 Å². The first kappa shape index (κ1) is 21.1. The summed E-state index contributed by atoms with van der Waals surface area (Å²) >= 11 is 0. The number of nitrogens with one attached hydrogen (secondary N) is 2. The molecular weight excluding hydrogens is 420 g/mol. The number of aliphatic imine (C=N–C) groups is 1. The fourth-order valence-corrected chi connectivity index (χ4v) is 2.32. The normalized spacial score (nSPS) is 11.7. The van der Waals surface area contributed by atoms with Gasteiger partial charge in [0.25, 0.3) is 0 Å². The zero-order valence-electron chi connectivity index (χ0n) is 12.8. The van der Waals surface area contributed by atoms with Gasteiger partial charge >= 0.3 is 0 Å². The molecule has 0 atom stereocenters. The minimum Gasteiger partial charge on any atom is -0.357 e. The van der Waals surface area contributed by atoms with Crippen molar-refractivity contribution in [1.82, 2.24) is 10.6 Å². The van der Waals surface area contributed by atoms with Crippen LogP contribution in [0.15, 0.2) is 29.3 Å². The Labute approximate surface area is 148 Å². The summed E-state index contributed by atoms with van der Waals surface area (Å²) in [6.45, 7) is 4.83. The molecule has 0 spiro atoms. The van der Waals surface area contributed by atoms with Crippen LogP contribution in [0.3, 0.4) is 0 Å². The number of halogens is 2. The zero-order chi connectivity index (χ0) is 15.7. The van der Waals surface area contributed by atoms with Crippen molar-refractivity contribution in [3.8, 4) is 0 Å². The van der Waals surface area contributed by atoms with Crippen LogP contribution in [-0.4, -0.2) is 39.0 Å². The molecule has 0 heterocycles. The highest BCUT2D eigenvalue weighted by Gasteiger charge is 2.07. The highest BCUT2D eigenvalue weighted by Crippen LogP contribution is 2.04. The van der Waals surface area contributed by atoms with E-state index < -0.39 is 9.84 Å². The maximum absolute atomic E-state index is 13.1. The molecule has 1 rings (SSSR count). The molecule has 0 saturated carbocycles. The molecule has 0 bridgehead atoms. The topological polar surface area (TPSA) is 70.6 Å². The molecule has 0 aliphatic rings. The first-order valence-electron chi connectivity index (χ1n) is 6.94. The number of hydrogen-bond acceptors (Lipinski definition) is 3. The van der Waals surface area contributed by atoms with Gasteiger partial charge in [-0.25, -0.2) is 17.8 Å². The molecule has 8 heteroatoms. The van der Waals surface area contributed by atoms with Crippen LogP contribution in [0.2, 0.25) is 0 Å². The Balaban J connectivity index is 0.00000441. The first-order valence-corrected chi connectivity index (χ1v) is 8.76. The fraction of sp³-hybridized carbons (Fsp3) is 0.500. The number of guanidine groups is 1. The number of hydrogen-bond donors (Lipinski definition) is 2. The summed E-state index contributed by atoms with van der Waals surface area (Å²) in [5.41, 5.74) is 0.758. The SMILES string of the molecule is CCNC(=NCc1cccc(F)c1)NCCS(=O)(=O)CC.I. The van der Waals surface area contributed by atoms with Crippen molar-refractivity contribution in [3.05, 3.63) is 35.6 Å². The number of rotatable bonds is 7. The van der Waals surface area contributed by atoms with Crippen molar-refractivity contribution in [2.45, 2.75) is 20.4 Å². The fourth-order valence-electron chi connectivity index (χ4n) is 1.62. The van der Waals surface area contributed by atoms with Crippen molar-refractivity contribution in [1.29, 1.82) is 0 Å². The molecule has 0 aliphatic carbocycles. The molecule has 1 aromatic carbocycles. The minimum absolute atomic E-state index is 0. The Hall–Kier alpha value is -0.900. The molecule has 0 radical (unpaired) electrons. The van der Waals surface area contributed by atoms with Gasteiger partial charge in [0.15, 0.2) is 15.8 Å². The average molecular weight is 443 g/mol. The summed E-state index contributed by atoms with van der Waals surface area (Å²) in [5, 5.41) is 5.98. The smallest absolute Gasteiger partial charge is 0.191 e. The van der Waals surface area contributed by atoms with Crippen molar-refractivity contribution >= 4 is 39.8 Å². The number of benzene rings is 1. The highest BCUT2D eigenvalue weighted by atomic mass is 127. The predicted molar refractivity (Wildman–Crippen MR) is 99.0 cm³/mol. The Morgan fingerprint density at radius 1 is 1.27 bits per heavy atom. The van der Waals surface area contributed by atoms with Gasteiger partial charge in [-0.05, 0) is 24.6 Å². The molecule has 0 fully saturated rings. The Bertz CT molecular complexity index is 579. The van der Waals surface area contributed by atoms with Crippen LogP contribution in [0, 0.1) is 5.82 Å². The van der Waals surface area contributed by atoms with Gasteiger partial charge < -0.3 is 10.6 Å². The molecule has 5 nitrogen and oxygen atoms in total. The van der Waals surface area contributed by atoms with Crippen LogP contribution < -0.4 is 10.6 Å². The quantitative estimate of drug-likeness (QED) is 0.384. The van der Waals surface area contributed by atoms with E-state index in [-0.39, 0.29) is 41.3 Å². The largest absolute Gasteiger partial charge is 0.357 e.